The van der Waals surface area contributed by atoms with Crippen molar-refractivity contribution in [1.82, 2.24) is 15.8 Å². The van der Waals surface area contributed by atoms with Crippen molar-refractivity contribution in [1.29, 1.82) is 0 Å². The summed E-state index contributed by atoms with van der Waals surface area (Å²) < 4.78 is 15.3. The van der Waals surface area contributed by atoms with Crippen molar-refractivity contribution in [2.24, 2.45) is 0 Å². The third kappa shape index (κ3) is 8.67. The van der Waals surface area contributed by atoms with Crippen molar-refractivity contribution >= 4 is 45.1 Å². The molecular formula is C37H37N3O6S2. The average molecular weight is 684 g/mol. The fourth-order valence-electron chi connectivity index (χ4n) is 5.62. The van der Waals surface area contributed by atoms with Crippen LogP contribution in [0, 0.1) is 0 Å². The van der Waals surface area contributed by atoms with E-state index in [0.717, 1.165) is 49.0 Å². The van der Waals surface area contributed by atoms with Gasteiger partial charge < -0.3 is 19.9 Å². The van der Waals surface area contributed by atoms with Crippen LogP contribution in [0.25, 0.3) is 21.3 Å². The molecule has 1 aromatic heterocycles. The molecule has 0 unspecified atom stereocenters. The predicted octanol–water partition coefficient (Wildman–Crippen LogP) is 7.09. The molecule has 248 valence electrons. The highest BCUT2D eigenvalue weighted by Crippen LogP contribution is 2.40. The summed E-state index contributed by atoms with van der Waals surface area (Å²) in [5.74, 6) is 0.0668. The lowest BCUT2D eigenvalue weighted by atomic mass is 9.97. The number of hydrogen-bond donors (Lipinski definition) is 4. The number of carbonyl (C=O) groups excluding carboxylic acids is 2. The second kappa shape index (κ2) is 16.3. The molecule has 1 aliphatic heterocycles. The van der Waals surface area contributed by atoms with Gasteiger partial charge in [-0.2, -0.15) is 0 Å². The van der Waals surface area contributed by atoms with Gasteiger partial charge in [-0.1, -0.05) is 96.7 Å². The Morgan fingerprint density at radius 2 is 1.60 bits per heavy atom. The zero-order chi connectivity index (χ0) is 33.3. The molecule has 4 aromatic carbocycles. The second-order valence-corrected chi connectivity index (χ2v) is 13.9. The molecule has 0 bridgehead atoms. The van der Waals surface area contributed by atoms with E-state index in [1.54, 1.807) is 28.6 Å². The highest BCUT2D eigenvalue weighted by molar-refractivity contribution is 8.01. The first-order valence-corrected chi connectivity index (χ1v) is 17.7. The summed E-state index contributed by atoms with van der Waals surface area (Å²) in [6, 6.07) is 32.1. The lowest BCUT2D eigenvalue weighted by Crippen LogP contribution is -2.31. The van der Waals surface area contributed by atoms with Crippen LogP contribution in [-0.4, -0.2) is 39.0 Å². The maximum absolute atomic E-state index is 12.4. The van der Waals surface area contributed by atoms with E-state index in [1.807, 2.05) is 91.0 Å². The number of rotatable bonds is 13. The Bertz CT molecular complexity index is 1800. The van der Waals surface area contributed by atoms with Gasteiger partial charge in [-0.05, 0) is 46.4 Å². The number of thioether (sulfide) groups is 1. The van der Waals surface area contributed by atoms with Crippen molar-refractivity contribution in [2.75, 3.05) is 5.75 Å². The van der Waals surface area contributed by atoms with Crippen LogP contribution in [0.3, 0.4) is 0 Å². The molecule has 1 fully saturated rings. The zero-order valence-electron chi connectivity index (χ0n) is 26.2. The number of benzene rings is 4. The Hall–Kier alpha value is -4.10. The first kappa shape index (κ1) is 33.8. The fourth-order valence-corrected chi connectivity index (χ4v) is 7.74. The van der Waals surface area contributed by atoms with Gasteiger partial charge in [0.2, 0.25) is 11.8 Å². The lowest BCUT2D eigenvalue weighted by Gasteiger charge is -2.36. The first-order valence-electron chi connectivity index (χ1n) is 15.9. The molecule has 1 saturated heterocycles. The molecule has 6 rings (SSSR count). The van der Waals surface area contributed by atoms with Crippen molar-refractivity contribution in [3.8, 4) is 11.1 Å². The van der Waals surface area contributed by atoms with E-state index in [0.29, 0.717) is 19.4 Å². The third-order valence-electron chi connectivity index (χ3n) is 8.20. The summed E-state index contributed by atoms with van der Waals surface area (Å²) in [5, 5.41) is 21.1. The van der Waals surface area contributed by atoms with E-state index in [-0.39, 0.29) is 37.6 Å². The zero-order valence-corrected chi connectivity index (χ0v) is 27.8. The van der Waals surface area contributed by atoms with Gasteiger partial charge in [0.25, 0.3) is 0 Å². The maximum Gasteiger partial charge on any atom is 0.243 e. The number of carbonyl (C=O) groups is 2. The van der Waals surface area contributed by atoms with Crippen LogP contribution >= 0.6 is 23.1 Å². The fraction of sp³-hybridized carbons (Fsp3) is 0.270. The predicted molar refractivity (Wildman–Crippen MR) is 186 cm³/mol. The van der Waals surface area contributed by atoms with Gasteiger partial charge in [0.1, 0.15) is 0 Å². The van der Waals surface area contributed by atoms with Crippen molar-refractivity contribution in [3.63, 3.8) is 0 Å². The number of aliphatic hydroxyl groups is 1. The van der Waals surface area contributed by atoms with E-state index < -0.39 is 12.2 Å². The molecule has 1 aliphatic rings. The van der Waals surface area contributed by atoms with Gasteiger partial charge in [0, 0.05) is 37.1 Å². The molecule has 0 spiro atoms. The second-order valence-electron chi connectivity index (χ2n) is 11.6. The van der Waals surface area contributed by atoms with E-state index >= 15 is 0 Å². The van der Waals surface area contributed by atoms with E-state index in [1.165, 1.54) is 4.70 Å². The molecule has 3 atom stereocenters. The Balaban J connectivity index is 1.15. The Morgan fingerprint density at radius 3 is 2.38 bits per heavy atom. The van der Waals surface area contributed by atoms with Gasteiger partial charge in [-0.3, -0.25) is 14.8 Å². The monoisotopic (exact) mass is 683 g/mol. The number of hydroxylamine groups is 1. The number of aliphatic hydroxyl groups excluding tert-OH is 1. The number of hydrogen-bond acceptors (Lipinski definition) is 9. The van der Waals surface area contributed by atoms with E-state index in [2.05, 4.69) is 11.4 Å². The minimum Gasteiger partial charge on any atom is -0.392 e. The van der Waals surface area contributed by atoms with Crippen LogP contribution in [0.15, 0.2) is 101 Å². The average Bonchev–Trinajstić information content (AvgIpc) is 3.56. The minimum absolute atomic E-state index is 0.00761. The van der Waals surface area contributed by atoms with Gasteiger partial charge in [0.15, 0.2) is 10.6 Å². The van der Waals surface area contributed by atoms with Crippen LogP contribution in [0.1, 0.15) is 60.3 Å². The van der Waals surface area contributed by atoms with Gasteiger partial charge in [0.05, 0.1) is 29.0 Å². The van der Waals surface area contributed by atoms with Crippen LogP contribution in [0.2, 0.25) is 0 Å². The van der Waals surface area contributed by atoms with Crippen LogP contribution in [-0.2, 0) is 32.2 Å². The Labute approximate surface area is 287 Å². The lowest BCUT2D eigenvalue weighted by molar-refractivity contribution is -0.245. The third-order valence-corrected chi connectivity index (χ3v) is 10.5. The molecule has 9 nitrogen and oxygen atoms in total. The summed E-state index contributed by atoms with van der Waals surface area (Å²) in [6.07, 6.45) is 0.490. The molecule has 2 amide bonds. The normalized spacial score (nSPS) is 17.7. The number of fused-ring (bicyclic) bond motifs is 1. The molecule has 0 aliphatic carbocycles. The van der Waals surface area contributed by atoms with Gasteiger partial charge in [-0.25, -0.2) is 10.5 Å². The summed E-state index contributed by atoms with van der Waals surface area (Å²) in [7, 11) is 0. The topological polar surface area (TPSA) is 130 Å². The standard InChI is InChI=1S/C37H37N3O6S2/c41-22-24-12-14-26(15-13-24)32-20-29(23-47-37-39-31-8-3-4-9-33(31)48-37)45-36(46-32)27-18-16-25(17-19-27)30-7-2-1-6-28(30)21-38-34(42)10-5-11-35(43)40-44/h1-4,6-9,12-19,29,32,36,41,44H,5,10-11,20-23H2,(H,38,42)(H,40,43)/t29-,32+,36+/m0/s1. The Morgan fingerprint density at radius 1 is 0.875 bits per heavy atom. The van der Waals surface area contributed by atoms with E-state index in [9.17, 15) is 14.7 Å². The molecule has 11 heteroatoms. The van der Waals surface area contributed by atoms with E-state index in [4.69, 9.17) is 19.7 Å². The molecule has 5 aromatic rings. The quantitative estimate of drug-likeness (QED) is 0.0589. The largest absolute Gasteiger partial charge is 0.392 e. The van der Waals surface area contributed by atoms with Crippen LogP contribution < -0.4 is 10.8 Å². The molecule has 0 saturated carbocycles. The van der Waals surface area contributed by atoms with Gasteiger partial charge in [-0.15, -0.1) is 11.3 Å². The van der Waals surface area contributed by atoms with Crippen molar-refractivity contribution < 1.29 is 29.4 Å². The first-order chi connectivity index (χ1) is 23.5. The Kier molecular flexibility index (Phi) is 11.5. The number of nitrogens with zero attached hydrogens (tertiary/aromatic N) is 1. The van der Waals surface area contributed by atoms with Crippen LogP contribution in [0.5, 0.6) is 0 Å². The molecule has 0 radical (unpaired) electrons. The van der Waals surface area contributed by atoms with Gasteiger partial charge >= 0.3 is 0 Å². The smallest absolute Gasteiger partial charge is 0.243 e. The summed E-state index contributed by atoms with van der Waals surface area (Å²) in [4.78, 5) is 28.4. The van der Waals surface area contributed by atoms with Crippen molar-refractivity contribution in [3.05, 3.63) is 119 Å². The maximum atomic E-state index is 12.4. The number of ether oxygens (including phenoxy) is 2. The van der Waals surface area contributed by atoms with Crippen molar-refractivity contribution in [2.45, 2.75) is 61.7 Å². The minimum atomic E-state index is -0.571. The number of thiazole rings is 1. The molecule has 2 heterocycles. The number of nitrogens with one attached hydrogen (secondary N) is 2. The summed E-state index contributed by atoms with van der Waals surface area (Å²) in [6.45, 7) is 0.342. The molecule has 4 N–H and O–H groups in total. The number of amides is 2. The number of aromatic nitrogens is 1. The summed E-state index contributed by atoms with van der Waals surface area (Å²) in [5.41, 5.74) is 8.36. The summed E-state index contributed by atoms with van der Waals surface area (Å²) >= 11 is 3.39. The highest BCUT2D eigenvalue weighted by Gasteiger charge is 2.32. The molecular weight excluding hydrogens is 647 g/mol. The SMILES string of the molecule is O=C(CCCC(=O)NCc1ccccc1-c1ccc([C@@H]2O[C@H](CSc3nc4ccccc4s3)C[C@H](c3ccc(CO)cc3)O2)cc1)NO. The van der Waals surface area contributed by atoms with Crippen LogP contribution in [0.4, 0.5) is 0 Å². The molecule has 48 heavy (non-hydrogen) atoms. The number of para-hydroxylation sites is 1. The highest BCUT2D eigenvalue weighted by atomic mass is 32.2.